The average Bonchev–Trinajstić information content (AvgIpc) is 2.67. The third-order valence-electron chi connectivity index (χ3n) is 5.89. The fraction of sp³-hybridized carbons (Fsp3) is 0.727. The van der Waals surface area contributed by atoms with Crippen LogP contribution >= 0.6 is 0 Å². The first-order valence-corrected chi connectivity index (χ1v) is 17.1. The molecule has 0 saturated heterocycles. The van der Waals surface area contributed by atoms with Crippen molar-refractivity contribution in [2.45, 2.75) is 125 Å². The molecule has 0 aromatic rings. The summed E-state index contributed by atoms with van der Waals surface area (Å²) in [5, 5.41) is 0. The molecule has 0 N–H and O–H groups in total. The van der Waals surface area contributed by atoms with Gasteiger partial charge in [-0.1, -0.05) is 0 Å². The van der Waals surface area contributed by atoms with Crippen molar-refractivity contribution in [1.29, 1.82) is 0 Å². The Morgan fingerprint density at radius 2 is 0.550 bits per heavy atom. The third-order valence-corrected chi connectivity index (χ3v) is 8.70. The predicted molar refractivity (Wildman–Crippen MR) is 165 cm³/mol. The van der Waals surface area contributed by atoms with Gasteiger partial charge in [0.25, 0.3) is 0 Å². The van der Waals surface area contributed by atoms with Crippen molar-refractivity contribution >= 4 is 34.7 Å². The van der Waals surface area contributed by atoms with E-state index in [-0.39, 0.29) is 17.3 Å². The molecule has 0 aliphatic heterocycles. The van der Waals surface area contributed by atoms with Crippen molar-refractivity contribution in [3.63, 3.8) is 0 Å². The topological polar surface area (TPSA) is 78.9 Å². The van der Waals surface area contributed by atoms with E-state index in [0.717, 1.165) is 0 Å². The second-order valence-corrected chi connectivity index (χ2v) is 19.5. The van der Waals surface area contributed by atoms with Crippen LogP contribution in [0.25, 0.3) is 0 Å². The molecule has 0 bridgehead atoms. The number of carbonyl (C=O) groups is 3. The van der Waals surface area contributed by atoms with E-state index in [4.69, 9.17) is 10.6 Å². The van der Waals surface area contributed by atoms with Gasteiger partial charge in [0.15, 0.2) is 0 Å². The van der Waals surface area contributed by atoms with Crippen LogP contribution in [-0.4, -0.2) is 34.7 Å². The van der Waals surface area contributed by atoms with Gasteiger partial charge in [-0.05, 0) is 0 Å². The average molecular weight is 620 g/mol. The molecule has 0 aliphatic rings. The van der Waals surface area contributed by atoms with Gasteiger partial charge in [0.1, 0.15) is 0 Å². The Morgan fingerprint density at radius 3 is 0.675 bits per heavy atom. The first-order valence-electron chi connectivity index (χ1n) is 14.2. The van der Waals surface area contributed by atoms with Crippen molar-refractivity contribution in [2.75, 3.05) is 0 Å². The third kappa shape index (κ3) is 13.3. The Bertz CT molecular complexity index is 885. The Labute approximate surface area is 251 Å². The van der Waals surface area contributed by atoms with Crippen LogP contribution in [0, 0.1) is 32.5 Å². The van der Waals surface area contributed by atoms with Crippen LogP contribution in [0.2, 0.25) is 0 Å². The Balaban J connectivity index is 7.14. The second kappa shape index (κ2) is 13.1. The standard InChI is InChI=1S/3C11H20O2.Ga/c3*1-10(2,3)8(12)7-9(13)11(4,5)6;/h3*7,12H,1-6H3;/q;;;+3/p-3/b3*8-7+;. The van der Waals surface area contributed by atoms with Crippen LogP contribution in [0.15, 0.2) is 35.5 Å². The molecule has 0 atom stereocenters. The van der Waals surface area contributed by atoms with Crippen molar-refractivity contribution in [3.8, 4) is 0 Å². The van der Waals surface area contributed by atoms with Gasteiger partial charge in [0, 0.05) is 0 Å². The van der Waals surface area contributed by atoms with Crippen LogP contribution < -0.4 is 0 Å². The Morgan fingerprint density at radius 1 is 0.375 bits per heavy atom. The van der Waals surface area contributed by atoms with Gasteiger partial charge >= 0.3 is 252 Å². The molecule has 0 aromatic heterocycles. The van der Waals surface area contributed by atoms with Crippen LogP contribution in [0.1, 0.15) is 125 Å². The van der Waals surface area contributed by atoms with Crippen molar-refractivity contribution < 1.29 is 25.0 Å². The Hall–Kier alpha value is -1.73. The van der Waals surface area contributed by atoms with E-state index in [1.54, 1.807) is 0 Å². The van der Waals surface area contributed by atoms with Gasteiger partial charge < -0.3 is 0 Å². The molecule has 0 heterocycles. The summed E-state index contributed by atoms with van der Waals surface area (Å²) >= 11 is -3.85. The first-order chi connectivity index (χ1) is 17.4. The summed E-state index contributed by atoms with van der Waals surface area (Å²) in [6.45, 7) is 34.3. The number of rotatable bonds is 9. The van der Waals surface area contributed by atoms with Crippen LogP contribution in [0.4, 0.5) is 0 Å². The second-order valence-electron chi connectivity index (χ2n) is 16.8. The van der Waals surface area contributed by atoms with Crippen molar-refractivity contribution in [3.05, 3.63) is 35.5 Å². The van der Waals surface area contributed by atoms with Crippen molar-refractivity contribution in [2.24, 2.45) is 32.5 Å². The number of hydrogen-bond donors (Lipinski definition) is 0. The number of carbonyl (C=O) groups excluding carboxylic acids is 3. The van der Waals surface area contributed by atoms with E-state index in [2.05, 4.69) is 0 Å². The van der Waals surface area contributed by atoms with Crippen LogP contribution in [0.3, 0.4) is 0 Å². The SMILES string of the molecule is CC(C)(C)C(=O)/C=C(/[O][Ga]([O]/C(=C/C(=O)C(C)(C)C)C(C)(C)C)[O]/C(=C/C(=O)C(C)(C)C)C(C)(C)C)C(C)(C)C. The predicted octanol–water partition coefficient (Wildman–Crippen LogP) is 8.66. The normalized spacial score (nSPS) is 15.0. The molecule has 0 spiro atoms. The molecule has 0 unspecified atom stereocenters. The molecule has 0 saturated carbocycles. The van der Waals surface area contributed by atoms with E-state index in [0.29, 0.717) is 17.3 Å². The zero-order valence-electron chi connectivity index (χ0n) is 28.8. The fourth-order valence-electron chi connectivity index (χ4n) is 2.67. The zero-order valence-corrected chi connectivity index (χ0v) is 31.2. The van der Waals surface area contributed by atoms with E-state index < -0.39 is 49.8 Å². The molecule has 0 aromatic carbocycles. The molecule has 6 nitrogen and oxygen atoms in total. The summed E-state index contributed by atoms with van der Waals surface area (Å²) in [6, 6.07) is 0. The summed E-state index contributed by atoms with van der Waals surface area (Å²) in [4.78, 5) is 39.1. The summed E-state index contributed by atoms with van der Waals surface area (Å²) in [5.41, 5.74) is -3.40. The van der Waals surface area contributed by atoms with Gasteiger partial charge in [-0.25, -0.2) is 0 Å². The number of hydrogen-bond acceptors (Lipinski definition) is 6. The molecule has 7 heteroatoms. The minimum absolute atomic E-state index is 0.0810. The molecule has 0 rings (SSSR count). The number of ketones is 3. The minimum atomic E-state index is -3.85. The van der Waals surface area contributed by atoms with Gasteiger partial charge in [-0.15, -0.1) is 0 Å². The zero-order chi connectivity index (χ0) is 32.3. The summed E-state index contributed by atoms with van der Waals surface area (Å²) < 4.78 is 19.6. The molecule has 0 fully saturated rings. The molecule has 0 amide bonds. The number of allylic oxidation sites excluding steroid dienone is 6. The van der Waals surface area contributed by atoms with Crippen molar-refractivity contribution in [1.82, 2.24) is 0 Å². The van der Waals surface area contributed by atoms with Gasteiger partial charge in [0.2, 0.25) is 0 Å². The van der Waals surface area contributed by atoms with E-state index in [1.165, 1.54) is 18.2 Å². The van der Waals surface area contributed by atoms with Crippen LogP contribution in [0.5, 0.6) is 0 Å². The molecular formula is C33H57GaO6. The van der Waals surface area contributed by atoms with Crippen LogP contribution in [-0.2, 0) is 25.0 Å². The van der Waals surface area contributed by atoms with Gasteiger partial charge in [0.05, 0.1) is 0 Å². The molecular weight excluding hydrogens is 562 g/mol. The summed E-state index contributed by atoms with van der Waals surface area (Å²) in [7, 11) is 0. The first kappa shape index (κ1) is 38.3. The molecule has 228 valence electrons. The summed E-state index contributed by atoms with van der Waals surface area (Å²) in [5.74, 6) is 1.10. The molecule has 40 heavy (non-hydrogen) atoms. The molecule has 0 aliphatic carbocycles. The fourth-order valence-corrected chi connectivity index (χ4v) is 6.93. The maximum atomic E-state index is 13.0. The van der Waals surface area contributed by atoms with Gasteiger partial charge in [-0.3, -0.25) is 0 Å². The summed E-state index contributed by atoms with van der Waals surface area (Å²) in [6.07, 6.45) is 4.60. The van der Waals surface area contributed by atoms with E-state index in [1.807, 2.05) is 125 Å². The Kier molecular flexibility index (Phi) is 12.5. The monoisotopic (exact) mass is 618 g/mol. The molecule has 0 radical (unpaired) electrons. The van der Waals surface area contributed by atoms with Gasteiger partial charge in [-0.2, -0.15) is 0 Å². The van der Waals surface area contributed by atoms with E-state index >= 15 is 0 Å². The quantitative estimate of drug-likeness (QED) is 0.146. The van der Waals surface area contributed by atoms with E-state index in [9.17, 15) is 14.4 Å². The maximum absolute atomic E-state index is 13.0.